The Balaban J connectivity index is 2.44. The van der Waals surface area contributed by atoms with E-state index in [0.29, 0.717) is 11.3 Å². The minimum absolute atomic E-state index is 0.0277. The predicted octanol–water partition coefficient (Wildman–Crippen LogP) is 4.38. The second-order valence-corrected chi connectivity index (χ2v) is 5.08. The number of fused-ring (bicyclic) bond motifs is 1. The van der Waals surface area contributed by atoms with Crippen LogP contribution in [0.5, 0.6) is 0 Å². The summed E-state index contributed by atoms with van der Waals surface area (Å²) in [7, 11) is 0. The average Bonchev–Trinajstić information content (AvgIpc) is 2.48. The Hall–Kier alpha value is -2.49. The number of anilines is 1. The number of hydrogen-bond donors (Lipinski definition) is 1. The van der Waals surface area contributed by atoms with Crippen LogP contribution in [-0.4, -0.2) is 4.98 Å². The van der Waals surface area contributed by atoms with Gasteiger partial charge in [-0.15, -0.1) is 0 Å². The van der Waals surface area contributed by atoms with Crippen molar-refractivity contribution in [3.63, 3.8) is 0 Å². The van der Waals surface area contributed by atoms with Crippen molar-refractivity contribution in [2.45, 2.75) is 13.8 Å². The molecule has 2 aromatic carbocycles. The van der Waals surface area contributed by atoms with Crippen LogP contribution in [0.15, 0.2) is 36.4 Å². The van der Waals surface area contributed by atoms with E-state index in [9.17, 15) is 8.78 Å². The van der Waals surface area contributed by atoms with Crippen molar-refractivity contribution in [2.75, 3.05) is 5.73 Å². The molecule has 2 nitrogen and oxygen atoms in total. The molecule has 1 aromatic heterocycles. The van der Waals surface area contributed by atoms with E-state index in [1.807, 2.05) is 30.3 Å². The fourth-order valence-corrected chi connectivity index (χ4v) is 2.49. The van der Waals surface area contributed by atoms with Gasteiger partial charge in [0.25, 0.3) is 0 Å². The van der Waals surface area contributed by atoms with Crippen molar-refractivity contribution >= 4 is 16.6 Å². The van der Waals surface area contributed by atoms with E-state index in [2.05, 4.69) is 4.98 Å². The largest absolute Gasteiger partial charge is 0.398 e. The first-order chi connectivity index (χ1) is 10.0. The van der Waals surface area contributed by atoms with Gasteiger partial charge in [-0.25, -0.2) is 13.8 Å². The molecule has 0 amide bonds. The van der Waals surface area contributed by atoms with E-state index in [0.717, 1.165) is 11.6 Å². The quantitative estimate of drug-likeness (QED) is 0.720. The zero-order chi connectivity index (χ0) is 15.1. The Morgan fingerprint density at radius 1 is 1.05 bits per heavy atom. The van der Waals surface area contributed by atoms with Gasteiger partial charge in [0.2, 0.25) is 0 Å². The lowest BCUT2D eigenvalue weighted by Gasteiger charge is -2.13. The van der Waals surface area contributed by atoms with Crippen LogP contribution in [-0.2, 0) is 0 Å². The fraction of sp³-hybridized carbons (Fsp3) is 0.118. The average molecular weight is 284 g/mol. The molecule has 0 aliphatic carbocycles. The lowest BCUT2D eigenvalue weighted by molar-refractivity contribution is 0.608. The van der Waals surface area contributed by atoms with Crippen LogP contribution in [0.2, 0.25) is 0 Å². The third-order valence-corrected chi connectivity index (χ3v) is 3.67. The van der Waals surface area contributed by atoms with Gasteiger partial charge in [0.1, 0.15) is 17.2 Å². The molecule has 0 spiro atoms. The van der Waals surface area contributed by atoms with Crippen molar-refractivity contribution in [2.24, 2.45) is 0 Å². The summed E-state index contributed by atoms with van der Waals surface area (Å²) in [5.41, 5.74) is 8.52. The monoisotopic (exact) mass is 284 g/mol. The Morgan fingerprint density at radius 3 is 2.38 bits per heavy atom. The van der Waals surface area contributed by atoms with Gasteiger partial charge < -0.3 is 5.73 Å². The molecule has 3 rings (SSSR count). The van der Waals surface area contributed by atoms with Gasteiger partial charge in [0.05, 0.1) is 11.1 Å². The number of aromatic nitrogens is 1. The highest BCUT2D eigenvalue weighted by molar-refractivity contribution is 5.96. The number of pyridine rings is 1. The van der Waals surface area contributed by atoms with E-state index in [1.165, 1.54) is 6.92 Å². The van der Waals surface area contributed by atoms with Crippen LogP contribution < -0.4 is 5.73 Å². The van der Waals surface area contributed by atoms with Gasteiger partial charge in [0, 0.05) is 11.3 Å². The SMILES string of the molecule is Cc1cc(F)c2nc(-c3ccccc3)c(C)c(N)c2c1F. The first-order valence-electron chi connectivity index (χ1n) is 6.60. The number of halogens is 2. The summed E-state index contributed by atoms with van der Waals surface area (Å²) in [5.74, 6) is -1.08. The lowest BCUT2D eigenvalue weighted by Crippen LogP contribution is -2.02. The normalized spacial score (nSPS) is 11.0. The van der Waals surface area contributed by atoms with E-state index < -0.39 is 11.6 Å². The molecule has 0 aliphatic heterocycles. The molecular weight excluding hydrogens is 270 g/mol. The maximum absolute atomic E-state index is 14.3. The number of benzene rings is 2. The summed E-state index contributed by atoms with van der Waals surface area (Å²) in [4.78, 5) is 4.31. The second-order valence-electron chi connectivity index (χ2n) is 5.08. The Bertz CT molecular complexity index is 843. The number of hydrogen-bond acceptors (Lipinski definition) is 2. The third kappa shape index (κ3) is 2.03. The maximum atomic E-state index is 14.3. The summed E-state index contributed by atoms with van der Waals surface area (Å²) in [6.45, 7) is 3.28. The molecule has 0 unspecified atom stereocenters. The van der Waals surface area contributed by atoms with Crippen LogP contribution in [0.25, 0.3) is 22.2 Å². The van der Waals surface area contributed by atoms with Crippen LogP contribution in [0.4, 0.5) is 14.5 Å². The van der Waals surface area contributed by atoms with Crippen molar-refractivity contribution in [3.8, 4) is 11.3 Å². The Morgan fingerprint density at radius 2 is 1.71 bits per heavy atom. The van der Waals surface area contributed by atoms with E-state index in [1.54, 1.807) is 6.92 Å². The molecule has 0 fully saturated rings. The smallest absolute Gasteiger partial charge is 0.149 e. The standard InChI is InChI=1S/C17H14F2N2/c1-9-8-12(18)17-13(14(9)19)15(20)10(2)16(21-17)11-6-4-3-5-7-11/h3-8H,1-2H3,(H2,20,21). The summed E-state index contributed by atoms with van der Waals surface area (Å²) >= 11 is 0. The summed E-state index contributed by atoms with van der Waals surface area (Å²) < 4.78 is 28.4. The molecular formula is C17H14F2N2. The molecule has 0 saturated heterocycles. The number of aryl methyl sites for hydroxylation is 1. The second kappa shape index (κ2) is 4.81. The highest BCUT2D eigenvalue weighted by Crippen LogP contribution is 2.34. The number of nitrogens with zero attached hydrogens (tertiary/aromatic N) is 1. The highest BCUT2D eigenvalue weighted by atomic mass is 19.1. The molecule has 3 aromatic rings. The van der Waals surface area contributed by atoms with E-state index in [-0.39, 0.29) is 22.2 Å². The molecule has 0 radical (unpaired) electrons. The molecule has 4 heteroatoms. The van der Waals surface area contributed by atoms with Crippen molar-refractivity contribution < 1.29 is 8.78 Å². The molecule has 2 N–H and O–H groups in total. The highest BCUT2D eigenvalue weighted by Gasteiger charge is 2.18. The zero-order valence-corrected chi connectivity index (χ0v) is 11.7. The van der Waals surface area contributed by atoms with Crippen molar-refractivity contribution in [1.82, 2.24) is 4.98 Å². The number of rotatable bonds is 1. The number of nitrogen functional groups attached to an aromatic ring is 1. The lowest BCUT2D eigenvalue weighted by atomic mass is 10.0. The van der Waals surface area contributed by atoms with Crippen LogP contribution in [0.1, 0.15) is 11.1 Å². The van der Waals surface area contributed by atoms with Crippen molar-refractivity contribution in [3.05, 3.63) is 59.2 Å². The molecule has 0 aliphatic rings. The van der Waals surface area contributed by atoms with E-state index >= 15 is 0 Å². The molecule has 106 valence electrons. The molecule has 1 heterocycles. The minimum atomic E-state index is -0.562. The van der Waals surface area contributed by atoms with Crippen LogP contribution in [0.3, 0.4) is 0 Å². The van der Waals surface area contributed by atoms with Gasteiger partial charge in [0.15, 0.2) is 0 Å². The zero-order valence-electron chi connectivity index (χ0n) is 11.7. The molecule has 0 saturated carbocycles. The third-order valence-electron chi connectivity index (χ3n) is 3.67. The van der Waals surface area contributed by atoms with Crippen molar-refractivity contribution in [1.29, 1.82) is 0 Å². The molecule has 0 bridgehead atoms. The van der Waals surface area contributed by atoms with Gasteiger partial charge in [-0.1, -0.05) is 30.3 Å². The summed E-state index contributed by atoms with van der Waals surface area (Å²) in [6.07, 6.45) is 0. The molecule has 21 heavy (non-hydrogen) atoms. The van der Waals surface area contributed by atoms with Gasteiger partial charge in [-0.3, -0.25) is 0 Å². The first kappa shape index (κ1) is 13.5. The van der Waals surface area contributed by atoms with Crippen LogP contribution in [0, 0.1) is 25.5 Å². The Kier molecular flexibility index (Phi) is 3.09. The Labute approximate surface area is 121 Å². The topological polar surface area (TPSA) is 38.9 Å². The minimum Gasteiger partial charge on any atom is -0.398 e. The molecule has 0 atom stereocenters. The predicted molar refractivity (Wildman–Crippen MR) is 81.0 cm³/mol. The van der Waals surface area contributed by atoms with Gasteiger partial charge in [-0.05, 0) is 31.0 Å². The van der Waals surface area contributed by atoms with Crippen LogP contribution >= 0.6 is 0 Å². The van der Waals surface area contributed by atoms with Gasteiger partial charge in [-0.2, -0.15) is 0 Å². The summed E-state index contributed by atoms with van der Waals surface area (Å²) in [6, 6.07) is 10.5. The maximum Gasteiger partial charge on any atom is 0.149 e. The summed E-state index contributed by atoms with van der Waals surface area (Å²) in [5, 5.41) is 0.0599. The number of nitrogens with two attached hydrogens (primary N) is 1. The fourth-order valence-electron chi connectivity index (χ4n) is 2.49. The first-order valence-corrected chi connectivity index (χ1v) is 6.60. The van der Waals surface area contributed by atoms with Gasteiger partial charge >= 0.3 is 0 Å². The van der Waals surface area contributed by atoms with E-state index in [4.69, 9.17) is 5.73 Å².